The number of methoxy groups -OCH3 is 1. The van der Waals surface area contributed by atoms with Crippen molar-refractivity contribution in [3.63, 3.8) is 0 Å². The summed E-state index contributed by atoms with van der Waals surface area (Å²) in [6.07, 6.45) is -2.23. The van der Waals surface area contributed by atoms with Crippen LogP contribution in [0.2, 0.25) is 0 Å². The smallest absolute Gasteiger partial charge is 0.412 e. The second kappa shape index (κ2) is 6.45. The molecule has 0 aliphatic rings. The minimum absolute atomic E-state index is 0.102. The van der Waals surface area contributed by atoms with Crippen LogP contribution >= 0.6 is 0 Å². The maximum atomic E-state index is 11.6. The zero-order chi connectivity index (χ0) is 16.2. The summed E-state index contributed by atoms with van der Waals surface area (Å²) in [6, 6.07) is 3.89. The topological polar surface area (TPSA) is 105 Å². The van der Waals surface area contributed by atoms with Gasteiger partial charge < -0.3 is 19.7 Å². The predicted octanol–water partition coefficient (Wildman–Crippen LogP) is 1.95. The number of amides is 1. The standard InChI is InChI=1S/C14H19NO6/c1-14(2,3)21-13(19)15-9-6-5-8(7-10(9)16)11(17)12(18)20-4/h5-7,11,16-17H,1-4H3,(H,15,19). The number of aliphatic hydroxyl groups is 1. The van der Waals surface area contributed by atoms with Gasteiger partial charge in [0, 0.05) is 0 Å². The molecule has 0 saturated carbocycles. The van der Waals surface area contributed by atoms with Crippen molar-refractivity contribution in [2.75, 3.05) is 12.4 Å². The summed E-state index contributed by atoms with van der Waals surface area (Å²) in [4.78, 5) is 22.8. The van der Waals surface area contributed by atoms with E-state index >= 15 is 0 Å². The minimum Gasteiger partial charge on any atom is -0.506 e. The number of rotatable bonds is 3. The molecule has 0 fully saturated rings. The monoisotopic (exact) mass is 297 g/mol. The van der Waals surface area contributed by atoms with Crippen LogP contribution in [0.1, 0.15) is 32.4 Å². The zero-order valence-corrected chi connectivity index (χ0v) is 12.3. The molecular formula is C14H19NO6. The van der Waals surface area contributed by atoms with Crippen molar-refractivity contribution in [2.24, 2.45) is 0 Å². The van der Waals surface area contributed by atoms with Gasteiger partial charge in [0.2, 0.25) is 0 Å². The molecule has 1 unspecified atom stereocenters. The van der Waals surface area contributed by atoms with E-state index < -0.39 is 23.8 Å². The van der Waals surface area contributed by atoms with E-state index in [0.29, 0.717) is 0 Å². The van der Waals surface area contributed by atoms with Crippen molar-refractivity contribution >= 4 is 17.7 Å². The van der Waals surface area contributed by atoms with Crippen LogP contribution in [0.4, 0.5) is 10.5 Å². The molecule has 21 heavy (non-hydrogen) atoms. The number of carbonyl (C=O) groups excluding carboxylic acids is 2. The van der Waals surface area contributed by atoms with Gasteiger partial charge in [-0.25, -0.2) is 9.59 Å². The van der Waals surface area contributed by atoms with E-state index in [1.165, 1.54) is 12.1 Å². The van der Waals surface area contributed by atoms with Gasteiger partial charge in [-0.1, -0.05) is 6.07 Å². The number of nitrogens with one attached hydrogen (secondary N) is 1. The summed E-state index contributed by atoms with van der Waals surface area (Å²) in [5.41, 5.74) is -0.417. The summed E-state index contributed by atoms with van der Waals surface area (Å²) in [7, 11) is 1.14. The molecule has 3 N–H and O–H groups in total. The lowest BCUT2D eigenvalue weighted by atomic mass is 10.1. The highest BCUT2D eigenvalue weighted by Crippen LogP contribution is 2.28. The fourth-order valence-electron chi connectivity index (χ4n) is 1.49. The maximum absolute atomic E-state index is 11.6. The van der Waals surface area contributed by atoms with Gasteiger partial charge in [0.1, 0.15) is 11.4 Å². The Bertz CT molecular complexity index is 535. The number of carbonyl (C=O) groups is 2. The summed E-state index contributed by atoms with van der Waals surface area (Å²) >= 11 is 0. The number of ether oxygens (including phenoxy) is 2. The average Bonchev–Trinajstić information content (AvgIpc) is 2.37. The van der Waals surface area contributed by atoms with Gasteiger partial charge in [-0.05, 0) is 38.5 Å². The fraction of sp³-hybridized carbons (Fsp3) is 0.429. The lowest BCUT2D eigenvalue weighted by Gasteiger charge is -2.20. The number of phenols is 1. The van der Waals surface area contributed by atoms with Gasteiger partial charge in [-0.3, -0.25) is 5.32 Å². The molecule has 0 heterocycles. The Hall–Kier alpha value is -2.28. The van der Waals surface area contributed by atoms with Crippen molar-refractivity contribution < 1.29 is 29.3 Å². The van der Waals surface area contributed by atoms with Crippen molar-refractivity contribution in [1.29, 1.82) is 0 Å². The van der Waals surface area contributed by atoms with E-state index in [9.17, 15) is 19.8 Å². The Kier molecular flexibility index (Phi) is 5.15. The predicted molar refractivity (Wildman–Crippen MR) is 74.9 cm³/mol. The summed E-state index contributed by atoms with van der Waals surface area (Å²) in [5.74, 6) is -1.15. The van der Waals surface area contributed by atoms with Crippen LogP contribution in [0, 0.1) is 0 Å². The highest BCUT2D eigenvalue weighted by atomic mass is 16.6. The minimum atomic E-state index is -1.50. The molecule has 7 heteroatoms. The van der Waals surface area contributed by atoms with Crippen LogP contribution in [0.25, 0.3) is 0 Å². The van der Waals surface area contributed by atoms with Crippen molar-refractivity contribution in [1.82, 2.24) is 0 Å². The van der Waals surface area contributed by atoms with Gasteiger partial charge in [0.25, 0.3) is 0 Å². The highest BCUT2D eigenvalue weighted by molar-refractivity contribution is 5.87. The van der Waals surface area contributed by atoms with Crippen LogP contribution in [0.3, 0.4) is 0 Å². The first-order valence-electron chi connectivity index (χ1n) is 6.23. The summed E-state index contributed by atoms with van der Waals surface area (Å²) in [6.45, 7) is 5.13. The fourth-order valence-corrected chi connectivity index (χ4v) is 1.49. The Morgan fingerprint density at radius 3 is 2.38 bits per heavy atom. The van der Waals surface area contributed by atoms with E-state index in [2.05, 4.69) is 10.1 Å². The second-order valence-electron chi connectivity index (χ2n) is 5.33. The van der Waals surface area contributed by atoms with Crippen molar-refractivity contribution in [2.45, 2.75) is 32.5 Å². The molecule has 1 amide bonds. The quantitative estimate of drug-likeness (QED) is 0.581. The van der Waals surface area contributed by atoms with Gasteiger partial charge in [0.15, 0.2) is 6.10 Å². The van der Waals surface area contributed by atoms with E-state index in [0.717, 1.165) is 13.2 Å². The first-order valence-corrected chi connectivity index (χ1v) is 6.23. The Morgan fingerprint density at radius 2 is 1.90 bits per heavy atom. The molecule has 1 aromatic rings. The molecule has 1 atom stereocenters. The van der Waals surface area contributed by atoms with Crippen LogP contribution in [0.5, 0.6) is 5.75 Å². The SMILES string of the molecule is COC(=O)C(O)c1ccc(NC(=O)OC(C)(C)C)c(O)c1. The first kappa shape index (κ1) is 16.8. The number of benzene rings is 1. The van der Waals surface area contributed by atoms with Gasteiger partial charge in [0.05, 0.1) is 12.8 Å². The van der Waals surface area contributed by atoms with Crippen LogP contribution in [0.15, 0.2) is 18.2 Å². The van der Waals surface area contributed by atoms with Crippen LogP contribution in [-0.2, 0) is 14.3 Å². The molecule has 0 bridgehead atoms. The number of aliphatic hydroxyl groups excluding tert-OH is 1. The first-order chi connectivity index (χ1) is 9.64. The second-order valence-corrected chi connectivity index (χ2v) is 5.33. The van der Waals surface area contributed by atoms with Crippen LogP contribution < -0.4 is 5.32 Å². The third-order valence-electron chi connectivity index (χ3n) is 2.40. The Balaban J connectivity index is 2.84. The maximum Gasteiger partial charge on any atom is 0.412 e. The van der Waals surface area contributed by atoms with E-state index in [4.69, 9.17) is 4.74 Å². The molecule has 0 aromatic heterocycles. The van der Waals surface area contributed by atoms with Crippen LogP contribution in [-0.4, -0.2) is 35.0 Å². The molecule has 116 valence electrons. The number of hydrogen-bond donors (Lipinski definition) is 3. The number of hydrogen-bond acceptors (Lipinski definition) is 6. The molecule has 0 aliphatic heterocycles. The van der Waals surface area contributed by atoms with Gasteiger partial charge >= 0.3 is 12.1 Å². The zero-order valence-electron chi connectivity index (χ0n) is 12.3. The summed E-state index contributed by atoms with van der Waals surface area (Å²) in [5, 5.41) is 21.8. The number of anilines is 1. The number of esters is 1. The molecule has 7 nitrogen and oxygen atoms in total. The Labute approximate surface area is 122 Å². The number of aromatic hydroxyl groups is 1. The Morgan fingerprint density at radius 1 is 1.29 bits per heavy atom. The highest BCUT2D eigenvalue weighted by Gasteiger charge is 2.20. The number of phenolic OH excluding ortho intramolecular Hbond substituents is 1. The lowest BCUT2D eigenvalue weighted by molar-refractivity contribution is -0.150. The van der Waals surface area contributed by atoms with Gasteiger partial charge in [-0.15, -0.1) is 0 Å². The largest absolute Gasteiger partial charge is 0.506 e. The normalized spacial score (nSPS) is 12.4. The van der Waals surface area contributed by atoms with E-state index in [1.54, 1.807) is 20.8 Å². The molecule has 0 radical (unpaired) electrons. The third-order valence-corrected chi connectivity index (χ3v) is 2.40. The molecule has 1 aromatic carbocycles. The lowest BCUT2D eigenvalue weighted by Crippen LogP contribution is -2.27. The average molecular weight is 297 g/mol. The van der Waals surface area contributed by atoms with Gasteiger partial charge in [-0.2, -0.15) is 0 Å². The molecule has 1 rings (SSSR count). The molecule has 0 aliphatic carbocycles. The third kappa shape index (κ3) is 4.96. The van der Waals surface area contributed by atoms with Crippen molar-refractivity contribution in [3.05, 3.63) is 23.8 Å². The molecule has 0 spiro atoms. The molecule has 0 saturated heterocycles. The van der Waals surface area contributed by atoms with E-state index in [1.807, 2.05) is 0 Å². The molecular weight excluding hydrogens is 278 g/mol. The van der Waals surface area contributed by atoms with E-state index in [-0.39, 0.29) is 17.0 Å². The summed E-state index contributed by atoms with van der Waals surface area (Å²) < 4.78 is 9.44. The van der Waals surface area contributed by atoms with Crippen molar-refractivity contribution in [3.8, 4) is 5.75 Å².